The minimum atomic E-state index is 0.0260. The molecule has 1 aromatic rings. The van der Waals surface area contributed by atoms with Gasteiger partial charge in [0.25, 0.3) is 0 Å². The average Bonchev–Trinajstić information content (AvgIpc) is 2.48. The second-order valence-electron chi connectivity index (χ2n) is 5.31. The smallest absolute Gasteiger partial charge is 0.161 e. The van der Waals surface area contributed by atoms with Crippen molar-refractivity contribution in [2.24, 2.45) is 5.92 Å². The van der Waals surface area contributed by atoms with Crippen molar-refractivity contribution in [3.63, 3.8) is 0 Å². The number of rotatable bonds is 5. The van der Waals surface area contributed by atoms with Gasteiger partial charge >= 0.3 is 0 Å². The number of hydrogen-bond donors (Lipinski definition) is 1. The van der Waals surface area contributed by atoms with Crippen LogP contribution in [-0.2, 0) is 6.61 Å². The van der Waals surface area contributed by atoms with Crippen LogP contribution in [0.5, 0.6) is 11.5 Å². The molecular formula is C16H24O3. The SMILES string of the molecule is CCC1CCC(Oc2ccc(CO)cc2OC)CC1. The minimum Gasteiger partial charge on any atom is -0.493 e. The lowest BCUT2D eigenvalue weighted by molar-refractivity contribution is 0.126. The van der Waals surface area contributed by atoms with Gasteiger partial charge in [-0.1, -0.05) is 19.4 Å². The topological polar surface area (TPSA) is 38.7 Å². The Labute approximate surface area is 115 Å². The maximum Gasteiger partial charge on any atom is 0.161 e. The van der Waals surface area contributed by atoms with E-state index in [1.165, 1.54) is 19.3 Å². The molecule has 0 saturated heterocycles. The van der Waals surface area contributed by atoms with E-state index in [4.69, 9.17) is 14.6 Å². The Bertz CT molecular complexity index is 395. The summed E-state index contributed by atoms with van der Waals surface area (Å²) in [4.78, 5) is 0. The summed E-state index contributed by atoms with van der Waals surface area (Å²) in [6, 6.07) is 5.62. The molecule has 1 N–H and O–H groups in total. The van der Waals surface area contributed by atoms with E-state index in [1.54, 1.807) is 7.11 Å². The van der Waals surface area contributed by atoms with E-state index in [9.17, 15) is 0 Å². The Morgan fingerprint density at radius 2 is 1.89 bits per heavy atom. The summed E-state index contributed by atoms with van der Waals surface area (Å²) in [5.74, 6) is 2.38. The van der Waals surface area contributed by atoms with Gasteiger partial charge in [0.05, 0.1) is 19.8 Å². The maximum absolute atomic E-state index is 9.13. The molecule has 0 bridgehead atoms. The second kappa shape index (κ2) is 6.80. The van der Waals surface area contributed by atoms with Crippen molar-refractivity contribution in [3.8, 4) is 11.5 Å². The van der Waals surface area contributed by atoms with Crippen LogP contribution in [-0.4, -0.2) is 18.3 Å². The first-order chi connectivity index (χ1) is 9.26. The van der Waals surface area contributed by atoms with Gasteiger partial charge in [0.15, 0.2) is 11.5 Å². The van der Waals surface area contributed by atoms with Gasteiger partial charge < -0.3 is 14.6 Å². The first-order valence-corrected chi connectivity index (χ1v) is 7.21. The highest BCUT2D eigenvalue weighted by Crippen LogP contribution is 2.33. The molecule has 19 heavy (non-hydrogen) atoms. The molecule has 0 amide bonds. The van der Waals surface area contributed by atoms with Crippen LogP contribution < -0.4 is 9.47 Å². The molecule has 106 valence electrons. The monoisotopic (exact) mass is 264 g/mol. The second-order valence-corrected chi connectivity index (χ2v) is 5.31. The fraction of sp³-hybridized carbons (Fsp3) is 0.625. The fourth-order valence-electron chi connectivity index (χ4n) is 2.75. The zero-order valence-electron chi connectivity index (χ0n) is 11.9. The molecule has 0 aromatic heterocycles. The zero-order chi connectivity index (χ0) is 13.7. The number of aliphatic hydroxyl groups excluding tert-OH is 1. The van der Waals surface area contributed by atoms with Crippen LogP contribution in [0.3, 0.4) is 0 Å². The van der Waals surface area contributed by atoms with Crippen LogP contribution in [0.25, 0.3) is 0 Å². The number of aliphatic hydroxyl groups is 1. The molecule has 0 atom stereocenters. The van der Waals surface area contributed by atoms with Crippen LogP contribution in [0, 0.1) is 5.92 Å². The van der Waals surface area contributed by atoms with Crippen molar-refractivity contribution in [3.05, 3.63) is 23.8 Å². The van der Waals surface area contributed by atoms with Crippen molar-refractivity contribution in [2.45, 2.75) is 51.7 Å². The van der Waals surface area contributed by atoms with E-state index < -0.39 is 0 Å². The van der Waals surface area contributed by atoms with Crippen LogP contribution >= 0.6 is 0 Å². The Morgan fingerprint density at radius 3 is 2.47 bits per heavy atom. The molecule has 1 aliphatic rings. The standard InChI is InChI=1S/C16H24O3/c1-3-12-4-7-14(8-5-12)19-15-9-6-13(11-17)10-16(15)18-2/h6,9-10,12,14,17H,3-5,7-8,11H2,1-2H3. The van der Waals surface area contributed by atoms with Crippen LogP contribution in [0.1, 0.15) is 44.6 Å². The molecule has 0 unspecified atom stereocenters. The average molecular weight is 264 g/mol. The summed E-state index contributed by atoms with van der Waals surface area (Å²) >= 11 is 0. The lowest BCUT2D eigenvalue weighted by Gasteiger charge is -2.28. The predicted molar refractivity (Wildman–Crippen MR) is 75.6 cm³/mol. The molecule has 3 nitrogen and oxygen atoms in total. The lowest BCUT2D eigenvalue weighted by Crippen LogP contribution is -2.24. The van der Waals surface area contributed by atoms with E-state index >= 15 is 0 Å². The van der Waals surface area contributed by atoms with Crippen LogP contribution in [0.15, 0.2) is 18.2 Å². The molecule has 0 spiro atoms. The normalized spacial score (nSPS) is 23.1. The summed E-state index contributed by atoms with van der Waals surface area (Å²) in [6.45, 7) is 2.29. The van der Waals surface area contributed by atoms with E-state index in [-0.39, 0.29) is 6.61 Å². The Hall–Kier alpha value is -1.22. The summed E-state index contributed by atoms with van der Waals surface area (Å²) in [6.07, 6.45) is 6.36. The highest BCUT2D eigenvalue weighted by atomic mass is 16.5. The molecule has 3 heteroatoms. The van der Waals surface area contributed by atoms with Gasteiger partial charge in [0.2, 0.25) is 0 Å². The van der Waals surface area contributed by atoms with Crippen molar-refractivity contribution in [1.82, 2.24) is 0 Å². The Kier molecular flexibility index (Phi) is 5.08. The van der Waals surface area contributed by atoms with Gasteiger partial charge in [-0.15, -0.1) is 0 Å². The molecule has 0 heterocycles. The Balaban J connectivity index is 1.99. The summed E-state index contributed by atoms with van der Waals surface area (Å²) in [5, 5.41) is 9.13. The lowest BCUT2D eigenvalue weighted by atomic mass is 9.86. The molecule has 2 rings (SSSR count). The molecule has 0 aliphatic heterocycles. The van der Waals surface area contributed by atoms with Gasteiger partial charge in [0, 0.05) is 0 Å². The highest BCUT2D eigenvalue weighted by Gasteiger charge is 2.22. The van der Waals surface area contributed by atoms with Gasteiger partial charge in [0.1, 0.15) is 0 Å². The molecule has 1 aromatic carbocycles. The predicted octanol–water partition coefficient (Wildman–Crippen LogP) is 3.54. The van der Waals surface area contributed by atoms with Crippen molar-refractivity contribution in [2.75, 3.05) is 7.11 Å². The van der Waals surface area contributed by atoms with Crippen LogP contribution in [0.2, 0.25) is 0 Å². The minimum absolute atomic E-state index is 0.0260. The summed E-state index contributed by atoms with van der Waals surface area (Å²) < 4.78 is 11.4. The molecule has 1 fully saturated rings. The number of ether oxygens (including phenoxy) is 2. The fourth-order valence-corrected chi connectivity index (χ4v) is 2.75. The first-order valence-electron chi connectivity index (χ1n) is 7.21. The molecule has 1 saturated carbocycles. The highest BCUT2D eigenvalue weighted by molar-refractivity contribution is 5.42. The van der Waals surface area contributed by atoms with E-state index in [2.05, 4.69) is 6.92 Å². The van der Waals surface area contributed by atoms with Gasteiger partial charge in [-0.3, -0.25) is 0 Å². The largest absolute Gasteiger partial charge is 0.493 e. The summed E-state index contributed by atoms with van der Waals surface area (Å²) in [5.41, 5.74) is 0.846. The molecule has 0 radical (unpaired) electrons. The van der Waals surface area contributed by atoms with Gasteiger partial charge in [-0.05, 0) is 49.3 Å². The number of methoxy groups -OCH3 is 1. The molecule has 1 aliphatic carbocycles. The summed E-state index contributed by atoms with van der Waals surface area (Å²) in [7, 11) is 1.64. The van der Waals surface area contributed by atoms with Crippen molar-refractivity contribution < 1.29 is 14.6 Å². The van der Waals surface area contributed by atoms with Crippen molar-refractivity contribution in [1.29, 1.82) is 0 Å². The zero-order valence-corrected chi connectivity index (χ0v) is 11.9. The number of benzene rings is 1. The van der Waals surface area contributed by atoms with E-state index in [0.717, 1.165) is 30.1 Å². The first kappa shape index (κ1) is 14.2. The van der Waals surface area contributed by atoms with E-state index in [0.29, 0.717) is 11.9 Å². The van der Waals surface area contributed by atoms with Gasteiger partial charge in [-0.25, -0.2) is 0 Å². The third-order valence-corrected chi connectivity index (χ3v) is 4.08. The third-order valence-electron chi connectivity index (χ3n) is 4.08. The number of hydrogen-bond acceptors (Lipinski definition) is 3. The Morgan fingerprint density at radius 1 is 1.16 bits per heavy atom. The third kappa shape index (κ3) is 3.63. The van der Waals surface area contributed by atoms with Gasteiger partial charge in [-0.2, -0.15) is 0 Å². The maximum atomic E-state index is 9.13. The van der Waals surface area contributed by atoms with Crippen molar-refractivity contribution >= 4 is 0 Å². The quantitative estimate of drug-likeness (QED) is 0.884. The van der Waals surface area contributed by atoms with Crippen LogP contribution in [0.4, 0.5) is 0 Å². The molecular weight excluding hydrogens is 240 g/mol. The van der Waals surface area contributed by atoms with E-state index in [1.807, 2.05) is 18.2 Å².